The molecule has 5 rings (SSSR count). The molecule has 0 aliphatic carbocycles. The molecule has 0 amide bonds. The zero-order valence-electron chi connectivity index (χ0n) is 25.2. The van der Waals surface area contributed by atoms with Gasteiger partial charge in [0.15, 0.2) is 11.6 Å². The molecule has 232 valence electrons. The molecule has 0 spiro atoms. The average Bonchev–Trinajstić information content (AvgIpc) is 3.49. The van der Waals surface area contributed by atoms with Gasteiger partial charge in [-0.3, -0.25) is 9.71 Å². The number of aromatic nitrogens is 5. The van der Waals surface area contributed by atoms with E-state index in [0.717, 1.165) is 41.8 Å². The number of sulfonamides is 1. The first-order valence-electron chi connectivity index (χ1n) is 13.9. The summed E-state index contributed by atoms with van der Waals surface area (Å²) in [5.41, 5.74) is 2.21. The Hall–Kier alpha value is -4.01. The molecule has 0 aliphatic heterocycles. The summed E-state index contributed by atoms with van der Waals surface area (Å²) in [5, 5.41) is 0. The number of hydrogen-bond donors (Lipinski definition) is 1. The van der Waals surface area contributed by atoms with Crippen LogP contribution in [0.3, 0.4) is 0 Å². The van der Waals surface area contributed by atoms with Crippen molar-refractivity contribution in [2.45, 2.75) is 58.1 Å². The summed E-state index contributed by atoms with van der Waals surface area (Å²) in [6.45, 7) is 13.1. The summed E-state index contributed by atoms with van der Waals surface area (Å²) in [6, 6.07) is 6.94. The van der Waals surface area contributed by atoms with Gasteiger partial charge in [0.25, 0.3) is 10.0 Å². The van der Waals surface area contributed by atoms with E-state index in [9.17, 15) is 12.8 Å². The molecule has 0 saturated heterocycles. The van der Waals surface area contributed by atoms with Gasteiger partial charge in [-0.1, -0.05) is 25.7 Å². The molecule has 1 N–H and O–H groups in total. The molecule has 14 heteroatoms. The van der Waals surface area contributed by atoms with E-state index in [1.807, 2.05) is 18.4 Å². The summed E-state index contributed by atoms with van der Waals surface area (Å²) in [6.07, 6.45) is 3.90. The second-order valence-electron chi connectivity index (χ2n) is 11.8. The molecule has 0 fully saturated rings. The van der Waals surface area contributed by atoms with Gasteiger partial charge < -0.3 is 13.7 Å². The molecule has 0 unspecified atom stereocenters. The van der Waals surface area contributed by atoms with Crippen LogP contribution in [-0.2, 0) is 21.5 Å². The fourth-order valence-electron chi connectivity index (χ4n) is 4.70. The molecule has 1 aromatic carbocycles. The summed E-state index contributed by atoms with van der Waals surface area (Å²) in [4.78, 5) is 12.5. The lowest BCUT2D eigenvalue weighted by molar-refractivity contribution is 0.0869. The summed E-state index contributed by atoms with van der Waals surface area (Å²) in [7, 11) is -5.69. The van der Waals surface area contributed by atoms with Gasteiger partial charge in [-0.05, 0) is 51.1 Å². The smallest absolute Gasteiger partial charge is 0.263 e. The maximum Gasteiger partial charge on any atom is 0.263 e. The van der Waals surface area contributed by atoms with Crippen molar-refractivity contribution < 1.29 is 26.3 Å². The van der Waals surface area contributed by atoms with Crippen molar-refractivity contribution in [3.05, 3.63) is 83.6 Å². The minimum absolute atomic E-state index is 0.0205. The van der Waals surface area contributed by atoms with Crippen molar-refractivity contribution in [2.24, 2.45) is 0 Å². The lowest BCUT2D eigenvalue weighted by atomic mass is 10.0. The third-order valence-electron chi connectivity index (χ3n) is 7.34. The zero-order valence-corrected chi connectivity index (χ0v) is 27.1. The van der Waals surface area contributed by atoms with Gasteiger partial charge in [-0.25, -0.2) is 31.6 Å². The number of anilines is 1. The highest BCUT2D eigenvalue weighted by molar-refractivity contribution is 7.92. The third kappa shape index (κ3) is 6.28. The lowest BCUT2D eigenvalue weighted by Crippen LogP contribution is -2.22. The number of pyridine rings is 2. The summed E-state index contributed by atoms with van der Waals surface area (Å²) >= 11 is 0. The van der Waals surface area contributed by atoms with Crippen molar-refractivity contribution in [1.29, 1.82) is 0 Å². The van der Waals surface area contributed by atoms with Gasteiger partial charge >= 0.3 is 0 Å². The van der Waals surface area contributed by atoms with E-state index in [0.29, 0.717) is 30.4 Å². The molecular weight excluding hydrogens is 610 g/mol. The van der Waals surface area contributed by atoms with E-state index in [1.165, 1.54) is 25.5 Å². The van der Waals surface area contributed by atoms with E-state index in [4.69, 9.17) is 9.72 Å². The van der Waals surface area contributed by atoms with Crippen LogP contribution < -0.4 is 4.72 Å². The van der Waals surface area contributed by atoms with Crippen molar-refractivity contribution in [3.8, 4) is 22.6 Å². The minimum Gasteiger partial charge on any atom is -0.361 e. The maximum atomic E-state index is 15.7. The Balaban J connectivity index is 1.48. The Bertz CT molecular complexity index is 1990. The molecule has 9 nitrogen and oxygen atoms in total. The molecule has 0 atom stereocenters. The fourth-order valence-corrected chi connectivity index (χ4v) is 6.73. The normalized spacial score (nSPS) is 12.3. The van der Waals surface area contributed by atoms with Crippen LogP contribution in [-0.4, -0.2) is 47.0 Å². The van der Waals surface area contributed by atoms with Crippen LogP contribution in [0.4, 0.5) is 18.9 Å². The van der Waals surface area contributed by atoms with Crippen LogP contribution in [0.1, 0.15) is 17.1 Å². The number of rotatable bonds is 10. The van der Waals surface area contributed by atoms with Crippen LogP contribution >= 0.6 is 0 Å². The molecule has 0 bridgehead atoms. The van der Waals surface area contributed by atoms with Crippen LogP contribution in [0.25, 0.3) is 28.2 Å². The van der Waals surface area contributed by atoms with Gasteiger partial charge in [0, 0.05) is 32.1 Å². The van der Waals surface area contributed by atoms with Crippen molar-refractivity contribution in [2.75, 3.05) is 11.3 Å². The maximum absolute atomic E-state index is 15.7. The highest BCUT2D eigenvalue weighted by Gasteiger charge is 2.24. The number of imidazole rings is 2. The molecule has 44 heavy (non-hydrogen) atoms. The second kappa shape index (κ2) is 11.8. The number of fused-ring (bicyclic) bond motifs is 1. The molecule has 4 heterocycles. The van der Waals surface area contributed by atoms with E-state index >= 15 is 8.78 Å². The van der Waals surface area contributed by atoms with Gasteiger partial charge in [0.1, 0.15) is 35.3 Å². The quantitative estimate of drug-likeness (QED) is 0.134. The van der Waals surface area contributed by atoms with Crippen LogP contribution in [0, 0.1) is 38.2 Å². The standard InChI is InChI=1S/C30H33F3N6O3SSi/c1-18-20(3)39(17-42-11-12-44(4,5)6)30(36-18)29-25-10-7-21(15-38(25)16-35-29)27-23(32)8-9-24(28(27)33)37-43(40,41)26-13-22(31)14-34-19(26)2/h7-10,13-16,37H,11-12,17H2,1-6H3. The third-order valence-corrected chi connectivity index (χ3v) is 10.5. The van der Waals surface area contributed by atoms with Crippen LogP contribution in [0.2, 0.25) is 25.7 Å². The molecule has 0 aliphatic rings. The molecule has 5 aromatic rings. The summed E-state index contributed by atoms with van der Waals surface area (Å²) < 4.78 is 82.1. The Morgan fingerprint density at radius 3 is 2.48 bits per heavy atom. The predicted molar refractivity (Wildman–Crippen MR) is 165 cm³/mol. The fraction of sp³-hybridized carbons (Fsp3) is 0.300. The van der Waals surface area contributed by atoms with Crippen molar-refractivity contribution >= 4 is 29.3 Å². The van der Waals surface area contributed by atoms with Crippen molar-refractivity contribution in [3.63, 3.8) is 0 Å². The molecule has 0 radical (unpaired) electrons. The Labute approximate surface area is 254 Å². The number of halogens is 3. The topological polar surface area (TPSA) is 103 Å². The molecule has 4 aromatic heterocycles. The van der Waals surface area contributed by atoms with E-state index < -0.39 is 51.7 Å². The van der Waals surface area contributed by atoms with Gasteiger partial charge in [-0.15, -0.1) is 0 Å². The molecule has 0 saturated carbocycles. The highest BCUT2D eigenvalue weighted by atomic mass is 32.2. The Kier molecular flexibility index (Phi) is 8.44. The number of nitrogens with zero attached hydrogens (tertiary/aromatic N) is 5. The second-order valence-corrected chi connectivity index (χ2v) is 19.1. The SMILES string of the molecule is Cc1ncc(F)cc1S(=O)(=O)Nc1ccc(F)c(-c2ccc3c(-c4nc(C)c(C)n4COCC[Si](C)(C)C)ncn3c2)c1F. The first kappa shape index (κ1) is 31.4. The van der Waals surface area contributed by atoms with Gasteiger partial charge in [0.2, 0.25) is 0 Å². The first-order chi connectivity index (χ1) is 20.7. The largest absolute Gasteiger partial charge is 0.361 e. The van der Waals surface area contributed by atoms with E-state index in [1.54, 1.807) is 10.5 Å². The Morgan fingerprint density at radius 2 is 1.75 bits per heavy atom. The zero-order chi connectivity index (χ0) is 32.0. The number of benzene rings is 1. The number of ether oxygens (including phenoxy) is 1. The van der Waals surface area contributed by atoms with Gasteiger partial charge in [0.05, 0.1) is 34.4 Å². The van der Waals surface area contributed by atoms with Crippen LogP contribution in [0.5, 0.6) is 0 Å². The first-order valence-corrected chi connectivity index (χ1v) is 19.1. The number of aryl methyl sites for hydroxylation is 2. The van der Waals surface area contributed by atoms with Crippen LogP contribution in [0.15, 0.2) is 53.9 Å². The average molecular weight is 643 g/mol. The number of hydrogen-bond acceptors (Lipinski definition) is 6. The predicted octanol–water partition coefficient (Wildman–Crippen LogP) is 6.72. The number of nitrogens with one attached hydrogen (secondary N) is 1. The Morgan fingerprint density at radius 1 is 1.00 bits per heavy atom. The highest BCUT2D eigenvalue weighted by Crippen LogP contribution is 2.34. The van der Waals surface area contributed by atoms with Crippen molar-refractivity contribution in [1.82, 2.24) is 23.9 Å². The van der Waals surface area contributed by atoms with E-state index in [-0.39, 0.29) is 11.3 Å². The minimum atomic E-state index is -4.43. The lowest BCUT2D eigenvalue weighted by Gasteiger charge is -2.16. The van der Waals surface area contributed by atoms with Gasteiger partial charge in [-0.2, -0.15) is 0 Å². The molecular formula is C30H33F3N6O3SSi. The van der Waals surface area contributed by atoms with E-state index in [2.05, 4.69) is 34.3 Å². The summed E-state index contributed by atoms with van der Waals surface area (Å²) in [5.74, 6) is -2.29. The monoisotopic (exact) mass is 642 g/mol.